The van der Waals surface area contributed by atoms with Gasteiger partial charge in [0.2, 0.25) is 0 Å². The lowest BCUT2D eigenvalue weighted by Gasteiger charge is -2.14. The van der Waals surface area contributed by atoms with Gasteiger partial charge in [-0.25, -0.2) is 0 Å². The van der Waals surface area contributed by atoms with Crippen LogP contribution in [0.5, 0.6) is 17.2 Å². The summed E-state index contributed by atoms with van der Waals surface area (Å²) in [7, 11) is 1.51. The minimum atomic E-state index is 0.420. The molecule has 2 N–H and O–H groups in total. The molecule has 0 fully saturated rings. The van der Waals surface area contributed by atoms with Crippen LogP contribution in [0.15, 0.2) is 42.6 Å². The molecule has 0 unspecified atom stereocenters. The van der Waals surface area contributed by atoms with Crippen molar-refractivity contribution in [3.05, 3.63) is 53.2 Å². The molecule has 2 aromatic carbocycles. The van der Waals surface area contributed by atoms with Crippen LogP contribution in [-0.4, -0.2) is 42.0 Å². The number of hydrogen-bond donors (Lipinski definition) is 2. The number of rotatable bonds is 9. The smallest absolute Gasteiger partial charge is 0.170 e. The molecule has 3 rings (SSSR count). The Morgan fingerprint density at radius 2 is 2.10 bits per heavy atom. The molecule has 0 atom stereocenters. The van der Waals surface area contributed by atoms with Crippen LogP contribution in [0.25, 0.3) is 10.9 Å². The fourth-order valence-corrected chi connectivity index (χ4v) is 3.76. The van der Waals surface area contributed by atoms with Gasteiger partial charge in [0.25, 0.3) is 0 Å². The van der Waals surface area contributed by atoms with Gasteiger partial charge < -0.3 is 20.1 Å². The highest BCUT2D eigenvalue weighted by atomic mass is 35.5. The second-order valence-corrected chi connectivity index (χ2v) is 8.31. The lowest BCUT2D eigenvalue weighted by Crippen LogP contribution is -2.29. The number of thioether (sulfide) groups is 1. The van der Waals surface area contributed by atoms with Gasteiger partial charge in [-0.05, 0) is 54.9 Å². The number of thiocarbonyl (C=S) groups is 1. The second kappa shape index (κ2) is 11.2. The van der Waals surface area contributed by atoms with Crippen LogP contribution in [0.2, 0.25) is 5.02 Å². The van der Waals surface area contributed by atoms with Gasteiger partial charge in [0.15, 0.2) is 11.4 Å². The largest absolute Gasteiger partial charge is 0.496 e. The minimum absolute atomic E-state index is 0.420. The highest BCUT2D eigenvalue weighted by Crippen LogP contribution is 2.34. The molecule has 1 heterocycles. The molecule has 31 heavy (non-hydrogen) atoms. The number of carbonyl (C=O) groups excluding carboxylic acids is 1. The van der Waals surface area contributed by atoms with E-state index in [0.717, 1.165) is 25.0 Å². The molecular weight excluding hydrogens is 454 g/mol. The molecule has 0 aliphatic rings. The number of hydrogen-bond acceptors (Lipinski definition) is 6. The number of ether oxygens (including phenoxy) is 2. The molecule has 6 nitrogen and oxygen atoms in total. The summed E-state index contributed by atoms with van der Waals surface area (Å²) in [6, 6.07) is 10.4. The van der Waals surface area contributed by atoms with Crippen LogP contribution in [0.4, 0.5) is 5.69 Å². The first kappa shape index (κ1) is 23.1. The lowest BCUT2D eigenvalue weighted by atomic mass is 10.1. The summed E-state index contributed by atoms with van der Waals surface area (Å²) >= 11 is 13.5. The van der Waals surface area contributed by atoms with Gasteiger partial charge in [0, 0.05) is 30.3 Å². The summed E-state index contributed by atoms with van der Waals surface area (Å²) < 4.78 is 11.3. The standard InChI is InChI=1S/C22H22ClN3O3S2/c1-28-21-12-19-16(10-14(21)13-27)20(6-8-24-19)29-15-4-5-18(17(23)11-15)26-22(30)25-7-3-9-31-2/h4-6,8,10-13H,3,7,9H2,1-2H3,(H2,25,26,30). The number of pyridine rings is 1. The van der Waals surface area contributed by atoms with Crippen LogP contribution in [0, 0.1) is 0 Å². The summed E-state index contributed by atoms with van der Waals surface area (Å²) in [5.74, 6) is 2.64. The Hall–Kier alpha value is -2.55. The van der Waals surface area contributed by atoms with Gasteiger partial charge in [-0.2, -0.15) is 11.8 Å². The maximum Gasteiger partial charge on any atom is 0.170 e. The number of anilines is 1. The lowest BCUT2D eigenvalue weighted by molar-refractivity contribution is 0.112. The average Bonchev–Trinajstić information content (AvgIpc) is 2.78. The van der Waals surface area contributed by atoms with Crippen molar-refractivity contribution < 1.29 is 14.3 Å². The maximum atomic E-state index is 11.4. The SMILES string of the molecule is COc1cc2nccc(Oc3ccc(NC(=S)NCCCSC)c(Cl)c3)c2cc1C=O. The molecule has 1 aromatic heterocycles. The second-order valence-electron chi connectivity index (χ2n) is 6.51. The van der Waals surface area contributed by atoms with Crippen LogP contribution in [-0.2, 0) is 0 Å². The molecule has 0 spiro atoms. The van der Waals surface area contributed by atoms with Crippen molar-refractivity contribution in [2.75, 3.05) is 31.0 Å². The Morgan fingerprint density at radius 3 is 2.81 bits per heavy atom. The zero-order valence-corrected chi connectivity index (χ0v) is 19.5. The van der Waals surface area contributed by atoms with E-state index in [4.69, 9.17) is 33.3 Å². The Bertz CT molecular complexity index is 1100. The number of nitrogens with zero attached hydrogens (tertiary/aromatic N) is 1. The van der Waals surface area contributed by atoms with Crippen molar-refractivity contribution in [1.82, 2.24) is 10.3 Å². The molecule has 0 saturated heterocycles. The summed E-state index contributed by atoms with van der Waals surface area (Å²) in [6.07, 6.45) is 5.48. The molecule has 0 saturated carbocycles. The molecule has 9 heteroatoms. The summed E-state index contributed by atoms with van der Waals surface area (Å²) in [6.45, 7) is 0.800. The third-order valence-electron chi connectivity index (χ3n) is 4.41. The van der Waals surface area contributed by atoms with Crippen LogP contribution in [0.1, 0.15) is 16.8 Å². The summed E-state index contributed by atoms with van der Waals surface area (Å²) in [5, 5.41) is 7.94. The molecule has 0 radical (unpaired) electrons. The number of halogens is 1. The highest BCUT2D eigenvalue weighted by Gasteiger charge is 2.12. The fourth-order valence-electron chi connectivity index (χ4n) is 2.90. The van der Waals surface area contributed by atoms with E-state index in [9.17, 15) is 4.79 Å². The Balaban J connectivity index is 1.76. The van der Waals surface area contributed by atoms with E-state index >= 15 is 0 Å². The first-order chi connectivity index (χ1) is 15.0. The van der Waals surface area contributed by atoms with Gasteiger partial charge in [0.05, 0.1) is 28.9 Å². The highest BCUT2D eigenvalue weighted by molar-refractivity contribution is 7.98. The van der Waals surface area contributed by atoms with Crippen molar-refractivity contribution in [3.63, 3.8) is 0 Å². The van der Waals surface area contributed by atoms with E-state index in [2.05, 4.69) is 21.9 Å². The predicted molar refractivity (Wildman–Crippen MR) is 132 cm³/mol. The van der Waals surface area contributed by atoms with Crippen molar-refractivity contribution in [2.45, 2.75) is 6.42 Å². The van der Waals surface area contributed by atoms with Crippen molar-refractivity contribution in [2.24, 2.45) is 0 Å². The average molecular weight is 476 g/mol. The zero-order valence-electron chi connectivity index (χ0n) is 17.1. The number of carbonyl (C=O) groups is 1. The molecule has 0 aliphatic carbocycles. The predicted octanol–water partition coefficient (Wildman–Crippen LogP) is 5.54. The molecule has 3 aromatic rings. The Kier molecular flexibility index (Phi) is 8.34. The quantitative estimate of drug-likeness (QED) is 0.237. The summed E-state index contributed by atoms with van der Waals surface area (Å²) in [5.41, 5.74) is 1.76. The topological polar surface area (TPSA) is 72.5 Å². The molecule has 162 valence electrons. The van der Waals surface area contributed by atoms with Gasteiger partial charge >= 0.3 is 0 Å². The van der Waals surface area contributed by atoms with E-state index in [1.807, 2.05) is 0 Å². The first-order valence-corrected chi connectivity index (χ1v) is 11.7. The van der Waals surface area contributed by atoms with Crippen molar-refractivity contribution >= 4 is 63.6 Å². The van der Waals surface area contributed by atoms with Crippen molar-refractivity contribution in [3.8, 4) is 17.2 Å². The number of aromatic nitrogens is 1. The number of fused-ring (bicyclic) bond motifs is 1. The van der Waals surface area contributed by atoms with Crippen LogP contribution < -0.4 is 20.1 Å². The number of methoxy groups -OCH3 is 1. The molecule has 0 bridgehead atoms. The first-order valence-electron chi connectivity index (χ1n) is 9.49. The minimum Gasteiger partial charge on any atom is -0.496 e. The maximum absolute atomic E-state index is 11.4. The van der Waals surface area contributed by atoms with Gasteiger partial charge in [-0.3, -0.25) is 9.78 Å². The molecule has 0 amide bonds. The van der Waals surface area contributed by atoms with E-state index in [-0.39, 0.29) is 0 Å². The molecule has 0 aliphatic heterocycles. The Labute approximate surface area is 195 Å². The summed E-state index contributed by atoms with van der Waals surface area (Å²) in [4.78, 5) is 15.7. The number of nitrogens with one attached hydrogen (secondary N) is 2. The monoisotopic (exact) mass is 475 g/mol. The van der Waals surface area contributed by atoms with Gasteiger partial charge in [-0.1, -0.05) is 11.6 Å². The van der Waals surface area contributed by atoms with Crippen LogP contribution >= 0.6 is 35.6 Å². The fraction of sp³-hybridized carbons (Fsp3) is 0.227. The molecular formula is C22H22ClN3O3S2. The van der Waals surface area contributed by atoms with Gasteiger partial charge in [-0.15, -0.1) is 0 Å². The Morgan fingerprint density at radius 1 is 1.26 bits per heavy atom. The van der Waals surface area contributed by atoms with Gasteiger partial charge in [0.1, 0.15) is 17.2 Å². The van der Waals surface area contributed by atoms with Crippen molar-refractivity contribution in [1.29, 1.82) is 0 Å². The normalized spacial score (nSPS) is 10.5. The number of benzene rings is 2. The zero-order chi connectivity index (χ0) is 22.2. The van der Waals surface area contributed by atoms with E-state index in [1.165, 1.54) is 7.11 Å². The van der Waals surface area contributed by atoms with E-state index < -0.39 is 0 Å². The number of aldehydes is 1. The van der Waals surface area contributed by atoms with E-state index in [0.29, 0.717) is 49.5 Å². The van der Waals surface area contributed by atoms with Crippen LogP contribution in [0.3, 0.4) is 0 Å². The third-order valence-corrected chi connectivity index (χ3v) is 5.66. The van der Waals surface area contributed by atoms with E-state index in [1.54, 1.807) is 54.4 Å². The third kappa shape index (κ3) is 6.00.